The molecule has 32 heavy (non-hydrogen) atoms. The van der Waals surface area contributed by atoms with Crippen LogP contribution in [0.25, 0.3) is 0 Å². The van der Waals surface area contributed by atoms with Crippen molar-refractivity contribution in [2.45, 2.75) is 43.8 Å². The lowest BCUT2D eigenvalue weighted by Gasteiger charge is -2.29. The number of piperazine rings is 1. The van der Waals surface area contributed by atoms with E-state index < -0.39 is 35.9 Å². The van der Waals surface area contributed by atoms with Crippen LogP contribution in [-0.4, -0.2) is 48.9 Å². The summed E-state index contributed by atoms with van der Waals surface area (Å²) >= 11 is 0. The van der Waals surface area contributed by atoms with E-state index in [-0.39, 0.29) is 12.3 Å². The van der Waals surface area contributed by atoms with Gasteiger partial charge in [-0.2, -0.15) is 0 Å². The van der Waals surface area contributed by atoms with Crippen LogP contribution in [0.4, 0.5) is 0 Å². The molecule has 0 radical (unpaired) electrons. The maximum atomic E-state index is 12.5. The third-order valence-electron chi connectivity index (χ3n) is 5.32. The SMILES string of the molecule is COC(=O)[C@H](CCc1ccccc1)NC(=O)C[C@@H]1NC(=O)[C@H](Cc2ccccc2)NC1=O. The topological polar surface area (TPSA) is 114 Å². The van der Waals surface area contributed by atoms with Crippen LogP contribution in [0.2, 0.25) is 0 Å². The summed E-state index contributed by atoms with van der Waals surface area (Å²) in [6, 6.07) is 16.4. The molecular weight excluding hydrogens is 410 g/mol. The number of esters is 1. The van der Waals surface area contributed by atoms with Gasteiger partial charge < -0.3 is 20.7 Å². The fourth-order valence-electron chi connectivity index (χ4n) is 3.60. The molecule has 0 saturated carbocycles. The van der Waals surface area contributed by atoms with E-state index in [1.165, 1.54) is 7.11 Å². The minimum Gasteiger partial charge on any atom is -0.467 e. The molecule has 1 saturated heterocycles. The number of rotatable bonds is 9. The highest BCUT2D eigenvalue weighted by molar-refractivity contribution is 5.99. The van der Waals surface area contributed by atoms with Crippen molar-refractivity contribution < 1.29 is 23.9 Å². The van der Waals surface area contributed by atoms with Gasteiger partial charge >= 0.3 is 5.97 Å². The first-order valence-corrected chi connectivity index (χ1v) is 10.5. The van der Waals surface area contributed by atoms with Crippen LogP contribution < -0.4 is 16.0 Å². The molecule has 0 aliphatic carbocycles. The summed E-state index contributed by atoms with van der Waals surface area (Å²) in [5, 5.41) is 7.92. The molecule has 0 bridgehead atoms. The summed E-state index contributed by atoms with van der Waals surface area (Å²) in [5.74, 6) is -1.86. The van der Waals surface area contributed by atoms with Crippen LogP contribution >= 0.6 is 0 Å². The van der Waals surface area contributed by atoms with Gasteiger partial charge in [-0.15, -0.1) is 0 Å². The summed E-state index contributed by atoms with van der Waals surface area (Å²) in [7, 11) is 1.26. The molecule has 2 aromatic rings. The van der Waals surface area contributed by atoms with Gasteiger partial charge in [-0.1, -0.05) is 60.7 Å². The van der Waals surface area contributed by atoms with E-state index in [0.717, 1.165) is 11.1 Å². The maximum Gasteiger partial charge on any atom is 0.328 e. The van der Waals surface area contributed by atoms with Crippen LogP contribution in [0.5, 0.6) is 0 Å². The molecule has 3 N–H and O–H groups in total. The highest BCUT2D eigenvalue weighted by atomic mass is 16.5. The van der Waals surface area contributed by atoms with Crippen molar-refractivity contribution in [3.05, 3.63) is 71.8 Å². The summed E-state index contributed by atoms with van der Waals surface area (Å²) in [4.78, 5) is 49.5. The number of hydrogen-bond acceptors (Lipinski definition) is 5. The van der Waals surface area contributed by atoms with Gasteiger partial charge in [0, 0.05) is 6.42 Å². The van der Waals surface area contributed by atoms with Gasteiger partial charge in [0.15, 0.2) is 0 Å². The van der Waals surface area contributed by atoms with Crippen LogP contribution in [0.15, 0.2) is 60.7 Å². The molecule has 3 rings (SSSR count). The number of ether oxygens (including phenoxy) is 1. The summed E-state index contributed by atoms with van der Waals surface area (Å²) < 4.78 is 4.80. The molecule has 1 aliphatic rings. The molecule has 1 aliphatic heterocycles. The number of benzene rings is 2. The number of amides is 3. The van der Waals surface area contributed by atoms with Crippen molar-refractivity contribution in [1.29, 1.82) is 0 Å². The molecule has 8 heteroatoms. The molecule has 0 spiro atoms. The van der Waals surface area contributed by atoms with Crippen molar-refractivity contribution in [3.8, 4) is 0 Å². The number of carbonyl (C=O) groups is 4. The zero-order valence-electron chi connectivity index (χ0n) is 17.9. The van der Waals surface area contributed by atoms with Gasteiger partial charge in [0.1, 0.15) is 18.1 Å². The van der Waals surface area contributed by atoms with Crippen LogP contribution in [0.3, 0.4) is 0 Å². The molecule has 0 aromatic heterocycles. The maximum absolute atomic E-state index is 12.5. The lowest BCUT2D eigenvalue weighted by molar-refractivity contribution is -0.145. The highest BCUT2D eigenvalue weighted by Crippen LogP contribution is 2.10. The van der Waals surface area contributed by atoms with Crippen LogP contribution in [0, 0.1) is 0 Å². The van der Waals surface area contributed by atoms with Crippen LogP contribution in [0.1, 0.15) is 24.0 Å². The van der Waals surface area contributed by atoms with Gasteiger partial charge in [0.2, 0.25) is 17.7 Å². The fourth-order valence-corrected chi connectivity index (χ4v) is 3.60. The summed E-state index contributed by atoms with van der Waals surface area (Å²) in [6.07, 6.45) is 1.02. The third-order valence-corrected chi connectivity index (χ3v) is 5.32. The highest BCUT2D eigenvalue weighted by Gasteiger charge is 2.35. The smallest absolute Gasteiger partial charge is 0.328 e. The van der Waals surface area contributed by atoms with Gasteiger partial charge in [-0.3, -0.25) is 14.4 Å². The van der Waals surface area contributed by atoms with Crippen molar-refractivity contribution >= 4 is 23.7 Å². The summed E-state index contributed by atoms with van der Waals surface area (Å²) in [5.41, 5.74) is 1.95. The Kier molecular flexibility index (Phi) is 7.96. The predicted octanol–water partition coefficient (Wildman–Crippen LogP) is 0.893. The first kappa shape index (κ1) is 23.0. The van der Waals surface area contributed by atoms with E-state index in [1.54, 1.807) is 0 Å². The Morgan fingerprint density at radius 3 is 2.09 bits per heavy atom. The molecule has 1 fully saturated rings. The quantitative estimate of drug-likeness (QED) is 0.505. The minimum absolute atomic E-state index is 0.269. The Balaban J connectivity index is 1.53. The van der Waals surface area contributed by atoms with E-state index in [0.29, 0.717) is 19.3 Å². The Labute approximate surface area is 186 Å². The molecule has 2 aromatic carbocycles. The van der Waals surface area contributed by atoms with Gasteiger partial charge in [0.05, 0.1) is 13.5 Å². The number of methoxy groups -OCH3 is 1. The minimum atomic E-state index is -0.998. The zero-order chi connectivity index (χ0) is 22.9. The largest absolute Gasteiger partial charge is 0.467 e. The first-order chi connectivity index (χ1) is 15.5. The second-order valence-electron chi connectivity index (χ2n) is 7.68. The molecule has 168 valence electrons. The lowest BCUT2D eigenvalue weighted by atomic mass is 10.0. The van der Waals surface area contributed by atoms with E-state index in [1.807, 2.05) is 60.7 Å². The second-order valence-corrected chi connectivity index (χ2v) is 7.68. The predicted molar refractivity (Wildman–Crippen MR) is 117 cm³/mol. The van der Waals surface area contributed by atoms with Gasteiger partial charge in [-0.05, 0) is 24.0 Å². The van der Waals surface area contributed by atoms with Crippen molar-refractivity contribution in [2.75, 3.05) is 7.11 Å². The fraction of sp³-hybridized carbons (Fsp3) is 0.333. The number of aryl methyl sites for hydroxylation is 1. The Bertz CT molecular complexity index is 949. The molecule has 0 unspecified atom stereocenters. The zero-order valence-corrected chi connectivity index (χ0v) is 17.9. The molecule has 3 atom stereocenters. The van der Waals surface area contributed by atoms with E-state index in [9.17, 15) is 19.2 Å². The molecule has 8 nitrogen and oxygen atoms in total. The molecular formula is C24H27N3O5. The Hall–Kier alpha value is -3.68. The van der Waals surface area contributed by atoms with Crippen molar-refractivity contribution in [2.24, 2.45) is 0 Å². The number of hydrogen-bond donors (Lipinski definition) is 3. The summed E-state index contributed by atoms with van der Waals surface area (Å²) in [6.45, 7) is 0. The molecule has 1 heterocycles. The monoisotopic (exact) mass is 437 g/mol. The second kappa shape index (κ2) is 11.1. The first-order valence-electron chi connectivity index (χ1n) is 10.5. The van der Waals surface area contributed by atoms with Gasteiger partial charge in [-0.25, -0.2) is 4.79 Å². The van der Waals surface area contributed by atoms with E-state index in [4.69, 9.17) is 4.74 Å². The average Bonchev–Trinajstić information content (AvgIpc) is 2.80. The van der Waals surface area contributed by atoms with E-state index in [2.05, 4.69) is 16.0 Å². The lowest BCUT2D eigenvalue weighted by Crippen LogP contribution is -2.63. The van der Waals surface area contributed by atoms with E-state index >= 15 is 0 Å². The normalized spacial score (nSPS) is 18.8. The Morgan fingerprint density at radius 2 is 1.47 bits per heavy atom. The van der Waals surface area contributed by atoms with Crippen molar-refractivity contribution in [1.82, 2.24) is 16.0 Å². The van der Waals surface area contributed by atoms with Crippen molar-refractivity contribution in [3.63, 3.8) is 0 Å². The number of carbonyl (C=O) groups excluding carboxylic acids is 4. The third kappa shape index (κ3) is 6.41. The standard InChI is InChI=1S/C24H27N3O5/c1-32-24(31)18(13-12-16-8-4-2-5-9-16)25-21(28)15-20-23(30)26-19(22(29)27-20)14-17-10-6-3-7-11-17/h2-11,18-20H,12-15H2,1H3,(H,25,28)(H,26,30)(H,27,29)/t18-,19-,20-/m0/s1. The molecule has 3 amide bonds. The van der Waals surface area contributed by atoms with Crippen LogP contribution in [-0.2, 0) is 36.8 Å². The number of nitrogens with one attached hydrogen (secondary N) is 3. The van der Waals surface area contributed by atoms with Gasteiger partial charge in [0.25, 0.3) is 0 Å². The Morgan fingerprint density at radius 1 is 0.906 bits per heavy atom. The average molecular weight is 437 g/mol.